The van der Waals surface area contributed by atoms with E-state index in [1.165, 1.54) is 0 Å². The van der Waals surface area contributed by atoms with Gasteiger partial charge in [0, 0.05) is 18.5 Å². The number of carbonyl (C=O) groups excluding carboxylic acids is 1. The number of amides is 1. The van der Waals surface area contributed by atoms with Gasteiger partial charge in [-0.1, -0.05) is 26.7 Å². The molecule has 1 amide bonds. The molecular weight excluding hydrogens is 290 g/mol. The third kappa shape index (κ3) is 5.19. The Balaban J connectivity index is 1.93. The molecule has 23 heavy (non-hydrogen) atoms. The summed E-state index contributed by atoms with van der Waals surface area (Å²) < 4.78 is 5.92. The Morgan fingerprint density at radius 1 is 1.30 bits per heavy atom. The van der Waals surface area contributed by atoms with Crippen LogP contribution in [0, 0.1) is 12.8 Å². The molecule has 1 aliphatic heterocycles. The van der Waals surface area contributed by atoms with Crippen molar-refractivity contribution in [3.63, 3.8) is 0 Å². The van der Waals surface area contributed by atoms with Crippen LogP contribution in [0.4, 0.5) is 0 Å². The average Bonchev–Trinajstić information content (AvgIpc) is 2.56. The van der Waals surface area contributed by atoms with E-state index in [9.17, 15) is 4.79 Å². The molecule has 1 fully saturated rings. The molecule has 0 aliphatic carbocycles. The minimum atomic E-state index is 0.0219. The standard InChI is InChI=1S/C18H29N3O2/c1-4-7-15(8-5-2)18(22)21-12-6-9-16(13-21)23-17-11-10-14(3)19-20-17/h10-11,15-16H,4-9,12-13H2,1-3H3. The average molecular weight is 319 g/mol. The first-order chi connectivity index (χ1) is 11.1. The summed E-state index contributed by atoms with van der Waals surface area (Å²) in [6.45, 7) is 7.71. The lowest BCUT2D eigenvalue weighted by atomic mass is 9.95. The fourth-order valence-electron chi connectivity index (χ4n) is 3.20. The molecule has 5 nitrogen and oxygen atoms in total. The Labute approximate surface area is 139 Å². The molecule has 1 saturated heterocycles. The Bertz CT molecular complexity index is 484. The molecule has 1 aliphatic rings. The van der Waals surface area contributed by atoms with Gasteiger partial charge in [0.2, 0.25) is 11.8 Å². The number of carbonyl (C=O) groups is 1. The highest BCUT2D eigenvalue weighted by Gasteiger charge is 2.29. The SMILES string of the molecule is CCCC(CCC)C(=O)N1CCCC(Oc2ccc(C)nn2)C1. The molecule has 5 heteroatoms. The second-order valence-electron chi connectivity index (χ2n) is 6.45. The maximum absolute atomic E-state index is 12.8. The second-order valence-corrected chi connectivity index (χ2v) is 6.45. The zero-order valence-electron chi connectivity index (χ0n) is 14.6. The van der Waals surface area contributed by atoms with E-state index < -0.39 is 0 Å². The van der Waals surface area contributed by atoms with Crippen LogP contribution in [0.25, 0.3) is 0 Å². The van der Waals surface area contributed by atoms with E-state index in [1.807, 2.05) is 24.0 Å². The van der Waals surface area contributed by atoms with Crippen LogP contribution in [0.5, 0.6) is 5.88 Å². The fraction of sp³-hybridized carbons (Fsp3) is 0.722. The van der Waals surface area contributed by atoms with Gasteiger partial charge in [-0.15, -0.1) is 5.10 Å². The molecule has 2 heterocycles. The highest BCUT2D eigenvalue weighted by molar-refractivity contribution is 5.79. The van der Waals surface area contributed by atoms with Gasteiger partial charge in [-0.05, 0) is 38.7 Å². The quantitative estimate of drug-likeness (QED) is 0.773. The smallest absolute Gasteiger partial charge is 0.233 e. The largest absolute Gasteiger partial charge is 0.471 e. The van der Waals surface area contributed by atoms with Crippen molar-refractivity contribution in [1.82, 2.24) is 15.1 Å². The van der Waals surface area contributed by atoms with Crippen LogP contribution in [0.2, 0.25) is 0 Å². The summed E-state index contributed by atoms with van der Waals surface area (Å²) in [6, 6.07) is 3.74. The summed E-state index contributed by atoms with van der Waals surface area (Å²) in [5, 5.41) is 8.08. The van der Waals surface area contributed by atoms with Gasteiger partial charge in [-0.2, -0.15) is 5.10 Å². The minimum Gasteiger partial charge on any atom is -0.471 e. The number of nitrogens with zero attached hydrogens (tertiary/aromatic N) is 3. The van der Waals surface area contributed by atoms with Crippen molar-refractivity contribution < 1.29 is 9.53 Å². The number of ether oxygens (including phenoxy) is 1. The zero-order chi connectivity index (χ0) is 16.7. The lowest BCUT2D eigenvalue weighted by Crippen LogP contribution is -2.46. The number of hydrogen-bond donors (Lipinski definition) is 0. The number of aromatic nitrogens is 2. The van der Waals surface area contributed by atoms with E-state index in [1.54, 1.807) is 0 Å². The Kier molecular flexibility index (Phi) is 6.81. The molecular formula is C18H29N3O2. The number of hydrogen-bond acceptors (Lipinski definition) is 4. The van der Waals surface area contributed by atoms with Crippen LogP contribution in [-0.2, 0) is 4.79 Å². The van der Waals surface area contributed by atoms with Crippen LogP contribution in [-0.4, -0.2) is 40.2 Å². The molecule has 0 radical (unpaired) electrons. The van der Waals surface area contributed by atoms with Gasteiger partial charge < -0.3 is 9.64 Å². The Morgan fingerprint density at radius 2 is 2.04 bits per heavy atom. The number of aryl methyl sites for hydroxylation is 1. The number of rotatable bonds is 7. The molecule has 0 spiro atoms. The Hall–Kier alpha value is -1.65. The van der Waals surface area contributed by atoms with E-state index in [0.717, 1.165) is 50.8 Å². The van der Waals surface area contributed by atoms with Crippen molar-refractivity contribution in [2.45, 2.75) is 65.4 Å². The maximum atomic E-state index is 12.8. The molecule has 1 aromatic rings. The van der Waals surface area contributed by atoms with Crippen LogP contribution in [0.1, 0.15) is 58.1 Å². The molecule has 128 valence electrons. The molecule has 0 saturated carbocycles. The maximum Gasteiger partial charge on any atom is 0.233 e. The lowest BCUT2D eigenvalue weighted by Gasteiger charge is -2.34. The third-order valence-electron chi connectivity index (χ3n) is 4.37. The predicted octanol–water partition coefficient (Wildman–Crippen LogP) is 3.37. The lowest BCUT2D eigenvalue weighted by molar-refractivity contribution is -0.138. The molecule has 1 aromatic heterocycles. The highest BCUT2D eigenvalue weighted by atomic mass is 16.5. The Morgan fingerprint density at radius 3 is 2.65 bits per heavy atom. The van der Waals surface area contributed by atoms with Crippen LogP contribution in [0.15, 0.2) is 12.1 Å². The van der Waals surface area contributed by atoms with Gasteiger partial charge >= 0.3 is 0 Å². The van der Waals surface area contributed by atoms with Crippen molar-refractivity contribution >= 4 is 5.91 Å². The fourth-order valence-corrected chi connectivity index (χ4v) is 3.20. The van der Waals surface area contributed by atoms with Gasteiger partial charge in [0.1, 0.15) is 6.10 Å². The van der Waals surface area contributed by atoms with E-state index in [2.05, 4.69) is 24.0 Å². The van der Waals surface area contributed by atoms with Crippen molar-refractivity contribution in [3.8, 4) is 5.88 Å². The van der Waals surface area contributed by atoms with Gasteiger partial charge in [0.15, 0.2) is 0 Å². The van der Waals surface area contributed by atoms with Crippen molar-refractivity contribution in [1.29, 1.82) is 0 Å². The summed E-state index contributed by atoms with van der Waals surface area (Å²) in [6.07, 6.45) is 6.06. The highest BCUT2D eigenvalue weighted by Crippen LogP contribution is 2.22. The van der Waals surface area contributed by atoms with Gasteiger partial charge in [0.25, 0.3) is 0 Å². The van der Waals surface area contributed by atoms with E-state index in [4.69, 9.17) is 4.74 Å². The molecule has 2 rings (SSSR count). The normalized spacial score (nSPS) is 18.3. The topological polar surface area (TPSA) is 55.3 Å². The van der Waals surface area contributed by atoms with Crippen molar-refractivity contribution in [2.24, 2.45) is 5.92 Å². The summed E-state index contributed by atoms with van der Waals surface area (Å²) in [5.41, 5.74) is 0.875. The van der Waals surface area contributed by atoms with Gasteiger partial charge in [-0.25, -0.2) is 0 Å². The zero-order valence-corrected chi connectivity index (χ0v) is 14.6. The summed E-state index contributed by atoms with van der Waals surface area (Å²) in [7, 11) is 0. The summed E-state index contributed by atoms with van der Waals surface area (Å²) in [4.78, 5) is 14.8. The molecule has 1 unspecified atom stereocenters. The summed E-state index contributed by atoms with van der Waals surface area (Å²) >= 11 is 0. The van der Waals surface area contributed by atoms with E-state index >= 15 is 0 Å². The molecule has 0 aromatic carbocycles. The minimum absolute atomic E-state index is 0.0219. The molecule has 0 N–H and O–H groups in total. The van der Waals surface area contributed by atoms with Crippen molar-refractivity contribution in [2.75, 3.05) is 13.1 Å². The monoisotopic (exact) mass is 319 g/mol. The predicted molar refractivity (Wildman–Crippen MR) is 90.3 cm³/mol. The van der Waals surface area contributed by atoms with Crippen LogP contribution in [0.3, 0.4) is 0 Å². The van der Waals surface area contributed by atoms with Gasteiger partial charge in [0.05, 0.1) is 12.2 Å². The van der Waals surface area contributed by atoms with Crippen molar-refractivity contribution in [3.05, 3.63) is 17.8 Å². The first-order valence-electron chi connectivity index (χ1n) is 8.89. The van der Waals surface area contributed by atoms with Crippen LogP contribution < -0.4 is 4.74 Å². The van der Waals surface area contributed by atoms with Crippen LogP contribution >= 0.6 is 0 Å². The van der Waals surface area contributed by atoms with E-state index in [-0.39, 0.29) is 12.0 Å². The second kappa shape index (κ2) is 8.85. The molecule has 1 atom stereocenters. The summed E-state index contributed by atoms with van der Waals surface area (Å²) in [5.74, 6) is 1.02. The first-order valence-corrected chi connectivity index (χ1v) is 8.89. The first kappa shape index (κ1) is 17.7. The van der Waals surface area contributed by atoms with Gasteiger partial charge in [-0.3, -0.25) is 4.79 Å². The molecule has 0 bridgehead atoms. The third-order valence-corrected chi connectivity index (χ3v) is 4.37. The van der Waals surface area contributed by atoms with E-state index in [0.29, 0.717) is 18.3 Å². The number of likely N-dealkylation sites (tertiary alicyclic amines) is 1. The number of piperidine rings is 1.